The van der Waals surface area contributed by atoms with Gasteiger partial charge in [-0.15, -0.1) is 0 Å². The van der Waals surface area contributed by atoms with E-state index in [2.05, 4.69) is 10.3 Å². The number of ether oxygens (including phenoxy) is 1. The van der Waals surface area contributed by atoms with Gasteiger partial charge in [0, 0.05) is 6.20 Å². The first-order valence-electron chi connectivity index (χ1n) is 3.88. The van der Waals surface area contributed by atoms with Gasteiger partial charge in [0.25, 0.3) is 0 Å². The first-order chi connectivity index (χ1) is 5.24. The van der Waals surface area contributed by atoms with Crippen molar-refractivity contribution in [2.75, 3.05) is 6.61 Å². The highest BCUT2D eigenvalue weighted by Crippen LogP contribution is 2.04. The Morgan fingerprint density at radius 1 is 1.73 bits per heavy atom. The predicted octanol–water partition coefficient (Wildman–Crippen LogP) is 1.27. The minimum atomic E-state index is 0.207. The molecule has 0 aliphatic carbocycles. The molecule has 0 aromatic rings. The highest BCUT2D eigenvalue weighted by Gasteiger charge is 2.13. The van der Waals surface area contributed by atoms with Gasteiger partial charge in [0.15, 0.2) is 0 Å². The van der Waals surface area contributed by atoms with Crippen LogP contribution in [0.1, 0.15) is 20.8 Å². The van der Waals surface area contributed by atoms with Crippen molar-refractivity contribution in [3.63, 3.8) is 0 Å². The molecule has 0 aromatic heterocycles. The topological polar surface area (TPSA) is 33.6 Å². The van der Waals surface area contributed by atoms with Crippen molar-refractivity contribution in [3.8, 4) is 0 Å². The third kappa shape index (κ3) is 1.97. The highest BCUT2D eigenvalue weighted by molar-refractivity contribution is 5.83. The molecule has 0 bridgehead atoms. The molecule has 0 amide bonds. The Bertz CT molecular complexity index is 196. The molecule has 1 rings (SSSR count). The van der Waals surface area contributed by atoms with Crippen LogP contribution in [0.4, 0.5) is 0 Å². The van der Waals surface area contributed by atoms with Gasteiger partial charge >= 0.3 is 0 Å². The average molecular weight is 154 g/mol. The smallest absolute Gasteiger partial charge is 0.211 e. The normalized spacial score (nSPS) is 23.4. The number of nitrogens with zero attached hydrogens (tertiary/aromatic N) is 1. The van der Waals surface area contributed by atoms with Crippen LogP contribution in [0.2, 0.25) is 0 Å². The van der Waals surface area contributed by atoms with E-state index in [-0.39, 0.29) is 6.04 Å². The lowest BCUT2D eigenvalue weighted by Crippen LogP contribution is -2.34. The maximum atomic E-state index is 5.31. The fourth-order valence-corrected chi connectivity index (χ4v) is 0.925. The van der Waals surface area contributed by atoms with Crippen LogP contribution in [0.3, 0.4) is 0 Å². The first kappa shape index (κ1) is 8.11. The molecular formula is C8H14N2O. The summed E-state index contributed by atoms with van der Waals surface area (Å²) in [6.07, 6.45) is 1.90. The minimum Gasteiger partial charge on any atom is -0.480 e. The monoisotopic (exact) mass is 154 g/mol. The summed E-state index contributed by atoms with van der Waals surface area (Å²) in [5.41, 5.74) is 0.964. The van der Waals surface area contributed by atoms with E-state index in [1.54, 1.807) is 0 Å². The van der Waals surface area contributed by atoms with E-state index in [4.69, 9.17) is 4.74 Å². The molecule has 62 valence electrons. The van der Waals surface area contributed by atoms with E-state index < -0.39 is 0 Å². The fraction of sp³-hybridized carbons (Fsp3) is 0.625. The van der Waals surface area contributed by atoms with Crippen molar-refractivity contribution in [2.24, 2.45) is 4.99 Å². The molecule has 0 saturated heterocycles. The molecule has 1 aliphatic rings. The summed E-state index contributed by atoms with van der Waals surface area (Å²) in [5.74, 6) is 0.785. The summed E-state index contributed by atoms with van der Waals surface area (Å²) in [5, 5.41) is 3.15. The van der Waals surface area contributed by atoms with Gasteiger partial charge in [0.05, 0.1) is 18.3 Å². The number of hydrogen-bond donors (Lipinski definition) is 1. The summed E-state index contributed by atoms with van der Waals surface area (Å²) < 4.78 is 5.31. The molecule has 0 saturated carbocycles. The maximum Gasteiger partial charge on any atom is 0.211 e. The zero-order chi connectivity index (χ0) is 8.27. The Labute approximate surface area is 67.2 Å². The third-order valence-corrected chi connectivity index (χ3v) is 1.49. The summed E-state index contributed by atoms with van der Waals surface area (Å²) in [7, 11) is 0. The molecule has 1 atom stereocenters. The van der Waals surface area contributed by atoms with E-state index in [1.165, 1.54) is 0 Å². The van der Waals surface area contributed by atoms with Crippen LogP contribution in [0, 0.1) is 0 Å². The molecule has 3 nitrogen and oxygen atoms in total. The van der Waals surface area contributed by atoms with E-state index in [0.717, 1.165) is 11.6 Å². The molecular weight excluding hydrogens is 140 g/mol. The van der Waals surface area contributed by atoms with Gasteiger partial charge in [-0.2, -0.15) is 0 Å². The zero-order valence-electron chi connectivity index (χ0n) is 7.22. The van der Waals surface area contributed by atoms with E-state index in [0.29, 0.717) is 6.61 Å². The van der Waals surface area contributed by atoms with Gasteiger partial charge in [0.2, 0.25) is 5.90 Å². The van der Waals surface area contributed by atoms with Gasteiger partial charge in [0.1, 0.15) is 0 Å². The maximum absolute atomic E-state index is 5.31. The molecule has 0 fully saturated rings. The molecule has 1 heterocycles. The molecule has 0 unspecified atom stereocenters. The lowest BCUT2D eigenvalue weighted by Gasteiger charge is -2.19. The van der Waals surface area contributed by atoms with Gasteiger partial charge in [-0.3, -0.25) is 0 Å². The van der Waals surface area contributed by atoms with E-state index >= 15 is 0 Å². The standard InChI is InChI=1S/C8H14N2O/c1-4-11-8-7(3)9-5-6(2)10-8/h5,7,9H,4H2,1-3H3/t7-/m0/s1. The molecule has 3 heteroatoms. The van der Waals surface area contributed by atoms with Crippen LogP contribution < -0.4 is 5.32 Å². The fourth-order valence-electron chi connectivity index (χ4n) is 0.925. The SMILES string of the molecule is CCOC1=NC(C)=CN[C@H]1C. The van der Waals surface area contributed by atoms with Crippen molar-refractivity contribution in [1.82, 2.24) is 5.32 Å². The van der Waals surface area contributed by atoms with Crippen LogP contribution in [-0.2, 0) is 4.74 Å². The summed E-state index contributed by atoms with van der Waals surface area (Å²) >= 11 is 0. The third-order valence-electron chi connectivity index (χ3n) is 1.49. The van der Waals surface area contributed by atoms with Gasteiger partial charge < -0.3 is 10.1 Å². The second-order valence-electron chi connectivity index (χ2n) is 2.56. The van der Waals surface area contributed by atoms with E-state index in [9.17, 15) is 0 Å². The summed E-state index contributed by atoms with van der Waals surface area (Å²) in [6.45, 7) is 6.61. The van der Waals surface area contributed by atoms with Gasteiger partial charge in [-0.05, 0) is 20.8 Å². The van der Waals surface area contributed by atoms with Crippen molar-refractivity contribution in [2.45, 2.75) is 26.8 Å². The minimum absolute atomic E-state index is 0.207. The van der Waals surface area contributed by atoms with Crippen molar-refractivity contribution >= 4 is 5.90 Å². The predicted molar refractivity (Wildman–Crippen MR) is 45.4 cm³/mol. The molecule has 1 N–H and O–H groups in total. The molecule has 11 heavy (non-hydrogen) atoms. The highest BCUT2D eigenvalue weighted by atomic mass is 16.5. The van der Waals surface area contributed by atoms with Crippen LogP contribution in [0.5, 0.6) is 0 Å². The van der Waals surface area contributed by atoms with Crippen LogP contribution in [0.25, 0.3) is 0 Å². The number of aliphatic imine (C=N–C) groups is 1. The van der Waals surface area contributed by atoms with E-state index in [1.807, 2.05) is 27.0 Å². The Kier molecular flexibility index (Phi) is 2.52. The molecule has 0 aromatic carbocycles. The molecule has 0 radical (unpaired) electrons. The second kappa shape index (κ2) is 3.42. The number of allylic oxidation sites excluding steroid dienone is 1. The molecule has 1 aliphatic heterocycles. The quantitative estimate of drug-likeness (QED) is 0.617. The van der Waals surface area contributed by atoms with Crippen LogP contribution in [-0.4, -0.2) is 18.5 Å². The van der Waals surface area contributed by atoms with Crippen molar-refractivity contribution in [3.05, 3.63) is 11.9 Å². The Morgan fingerprint density at radius 3 is 3.09 bits per heavy atom. The second-order valence-corrected chi connectivity index (χ2v) is 2.56. The largest absolute Gasteiger partial charge is 0.480 e. The van der Waals surface area contributed by atoms with Crippen molar-refractivity contribution < 1.29 is 4.74 Å². The lowest BCUT2D eigenvalue weighted by molar-refractivity contribution is 0.307. The summed E-state index contributed by atoms with van der Waals surface area (Å²) in [6, 6.07) is 0.207. The van der Waals surface area contributed by atoms with Crippen LogP contribution in [0.15, 0.2) is 16.9 Å². The Balaban J connectivity index is 2.64. The lowest BCUT2D eigenvalue weighted by atomic mass is 10.3. The first-order valence-corrected chi connectivity index (χ1v) is 3.88. The average Bonchev–Trinajstić information content (AvgIpc) is 1.98. The van der Waals surface area contributed by atoms with Crippen molar-refractivity contribution in [1.29, 1.82) is 0 Å². The Hall–Kier alpha value is -0.990. The number of rotatable bonds is 1. The van der Waals surface area contributed by atoms with Gasteiger partial charge in [-0.1, -0.05) is 0 Å². The van der Waals surface area contributed by atoms with Crippen LogP contribution >= 0.6 is 0 Å². The molecule has 0 spiro atoms. The number of hydrogen-bond acceptors (Lipinski definition) is 3. The summed E-state index contributed by atoms with van der Waals surface area (Å²) in [4.78, 5) is 4.25. The zero-order valence-corrected chi connectivity index (χ0v) is 7.22. The van der Waals surface area contributed by atoms with Gasteiger partial charge in [-0.25, -0.2) is 4.99 Å². The Morgan fingerprint density at radius 2 is 2.45 bits per heavy atom. The number of nitrogens with one attached hydrogen (secondary N) is 1.